The molecule has 0 fully saturated rings. The van der Waals surface area contributed by atoms with Crippen LogP contribution in [0, 0.1) is 17.5 Å². The molecule has 0 amide bonds. The predicted molar refractivity (Wildman–Crippen MR) is 58.6 cm³/mol. The third-order valence-electron chi connectivity index (χ3n) is 2.52. The van der Waals surface area contributed by atoms with E-state index >= 15 is 0 Å². The van der Waals surface area contributed by atoms with Gasteiger partial charge in [-0.05, 0) is 17.7 Å². The summed E-state index contributed by atoms with van der Waals surface area (Å²) in [7, 11) is 1.51. The van der Waals surface area contributed by atoms with Gasteiger partial charge in [-0.3, -0.25) is 4.68 Å². The maximum Gasteiger partial charge on any atom is 0.194 e. The Morgan fingerprint density at radius 3 is 2.28 bits per heavy atom. The first-order valence-corrected chi connectivity index (χ1v) is 5.29. The zero-order valence-electron chi connectivity index (χ0n) is 9.16. The number of aryl methyl sites for hydroxylation is 1. The fraction of sp³-hybridized carbons (Fsp3) is 0.182. The number of hydrogen-bond acceptors (Lipinski definition) is 2. The van der Waals surface area contributed by atoms with Gasteiger partial charge in [0.15, 0.2) is 17.5 Å². The smallest absolute Gasteiger partial charge is 0.194 e. The van der Waals surface area contributed by atoms with E-state index in [0.717, 1.165) is 0 Å². The maximum atomic E-state index is 13.1. The molecule has 96 valence electrons. The van der Waals surface area contributed by atoms with Crippen LogP contribution in [0.15, 0.2) is 18.3 Å². The molecule has 0 bridgehead atoms. The summed E-state index contributed by atoms with van der Waals surface area (Å²) in [6.07, 6.45) is -0.106. The SMILES string of the molecule is Cn1ncc(Cl)c1C(O)c1cc(F)c(F)c(F)c1. The third kappa shape index (κ3) is 2.09. The number of nitrogens with zero attached hydrogens (tertiary/aromatic N) is 2. The van der Waals surface area contributed by atoms with Gasteiger partial charge in [-0.15, -0.1) is 0 Å². The molecule has 0 spiro atoms. The van der Waals surface area contributed by atoms with Crippen molar-refractivity contribution in [1.82, 2.24) is 9.78 Å². The molecule has 1 heterocycles. The molecule has 18 heavy (non-hydrogen) atoms. The number of halogens is 4. The van der Waals surface area contributed by atoms with E-state index in [9.17, 15) is 18.3 Å². The van der Waals surface area contributed by atoms with Gasteiger partial charge in [0.25, 0.3) is 0 Å². The third-order valence-corrected chi connectivity index (χ3v) is 2.81. The first kappa shape index (κ1) is 12.9. The van der Waals surface area contributed by atoms with Crippen LogP contribution < -0.4 is 0 Å². The second-order valence-electron chi connectivity index (χ2n) is 3.70. The Labute approximate surface area is 105 Å². The quantitative estimate of drug-likeness (QED) is 0.856. The number of aliphatic hydroxyl groups excluding tert-OH is 1. The highest BCUT2D eigenvalue weighted by molar-refractivity contribution is 6.31. The summed E-state index contributed by atoms with van der Waals surface area (Å²) in [4.78, 5) is 0. The van der Waals surface area contributed by atoms with Gasteiger partial charge in [-0.25, -0.2) is 13.2 Å². The normalized spacial score (nSPS) is 12.8. The van der Waals surface area contributed by atoms with Crippen molar-refractivity contribution in [3.63, 3.8) is 0 Å². The standard InChI is InChI=1S/C11H8ClF3N2O/c1-17-10(6(12)4-16-17)11(18)5-2-7(13)9(15)8(14)3-5/h2-4,11,18H,1H3. The van der Waals surface area contributed by atoms with E-state index in [0.29, 0.717) is 12.1 Å². The van der Waals surface area contributed by atoms with Gasteiger partial charge in [-0.1, -0.05) is 11.6 Å². The van der Waals surface area contributed by atoms with E-state index in [1.165, 1.54) is 17.9 Å². The van der Waals surface area contributed by atoms with Crippen LogP contribution in [0.2, 0.25) is 5.02 Å². The van der Waals surface area contributed by atoms with Crippen molar-refractivity contribution >= 4 is 11.6 Å². The van der Waals surface area contributed by atoms with Gasteiger partial charge >= 0.3 is 0 Å². The van der Waals surface area contributed by atoms with Gasteiger partial charge in [-0.2, -0.15) is 5.10 Å². The Kier molecular flexibility index (Phi) is 3.32. The minimum Gasteiger partial charge on any atom is -0.382 e. The Bertz CT molecular complexity index is 557. The molecule has 0 aliphatic carbocycles. The van der Waals surface area contributed by atoms with Crippen molar-refractivity contribution in [2.24, 2.45) is 7.05 Å². The predicted octanol–water partition coefficient (Wildman–Crippen LogP) is 2.57. The van der Waals surface area contributed by atoms with E-state index < -0.39 is 23.6 Å². The Balaban J connectivity index is 2.50. The Morgan fingerprint density at radius 1 is 1.28 bits per heavy atom. The molecular weight excluding hydrogens is 269 g/mol. The molecule has 0 saturated heterocycles. The highest BCUT2D eigenvalue weighted by Crippen LogP contribution is 2.29. The first-order chi connectivity index (χ1) is 8.41. The number of benzene rings is 1. The van der Waals surface area contributed by atoms with E-state index in [2.05, 4.69) is 5.10 Å². The zero-order chi connectivity index (χ0) is 13.4. The van der Waals surface area contributed by atoms with Crippen LogP contribution >= 0.6 is 11.6 Å². The lowest BCUT2D eigenvalue weighted by atomic mass is 10.1. The van der Waals surface area contributed by atoms with E-state index in [-0.39, 0.29) is 16.3 Å². The summed E-state index contributed by atoms with van der Waals surface area (Å²) in [6.45, 7) is 0. The van der Waals surface area contributed by atoms with E-state index in [1.807, 2.05) is 0 Å². The molecule has 7 heteroatoms. The molecule has 1 atom stereocenters. The minimum atomic E-state index is -1.58. The lowest BCUT2D eigenvalue weighted by Gasteiger charge is -2.12. The van der Waals surface area contributed by atoms with Gasteiger partial charge < -0.3 is 5.11 Å². The summed E-state index contributed by atoms with van der Waals surface area (Å²) in [5.74, 6) is -4.33. The van der Waals surface area contributed by atoms with Gasteiger partial charge in [0.1, 0.15) is 6.10 Å². The molecule has 1 N–H and O–H groups in total. The van der Waals surface area contributed by atoms with Gasteiger partial charge in [0.05, 0.1) is 16.9 Å². The van der Waals surface area contributed by atoms with E-state index in [4.69, 9.17) is 11.6 Å². The molecule has 3 nitrogen and oxygen atoms in total. The lowest BCUT2D eigenvalue weighted by molar-refractivity contribution is 0.208. The van der Waals surface area contributed by atoms with Crippen molar-refractivity contribution in [3.05, 3.63) is 52.1 Å². The molecule has 1 unspecified atom stereocenters. The molecular formula is C11H8ClF3N2O. The van der Waals surface area contributed by atoms with Crippen LogP contribution in [0.3, 0.4) is 0 Å². The molecule has 0 radical (unpaired) electrons. The topological polar surface area (TPSA) is 38.0 Å². The second-order valence-corrected chi connectivity index (χ2v) is 4.11. The summed E-state index contributed by atoms with van der Waals surface area (Å²) in [5, 5.41) is 13.9. The van der Waals surface area contributed by atoms with Crippen LogP contribution in [0.25, 0.3) is 0 Å². The number of aromatic nitrogens is 2. The Hall–Kier alpha value is -1.53. The molecule has 2 rings (SSSR count). The molecule has 0 aliphatic rings. The largest absolute Gasteiger partial charge is 0.382 e. The number of aliphatic hydroxyl groups is 1. The lowest BCUT2D eigenvalue weighted by Crippen LogP contribution is -2.08. The van der Waals surface area contributed by atoms with Crippen molar-refractivity contribution < 1.29 is 18.3 Å². The van der Waals surface area contributed by atoms with Crippen LogP contribution in [0.1, 0.15) is 17.4 Å². The molecule has 1 aromatic heterocycles. The second kappa shape index (κ2) is 4.62. The summed E-state index contributed by atoms with van der Waals surface area (Å²) in [6, 6.07) is 1.43. The zero-order valence-corrected chi connectivity index (χ0v) is 9.92. The number of hydrogen-bond donors (Lipinski definition) is 1. The van der Waals surface area contributed by atoms with Gasteiger partial charge in [0, 0.05) is 7.05 Å². The number of rotatable bonds is 2. The highest BCUT2D eigenvalue weighted by Gasteiger charge is 2.21. The molecule has 0 aliphatic heterocycles. The van der Waals surface area contributed by atoms with Crippen LogP contribution in [0.5, 0.6) is 0 Å². The van der Waals surface area contributed by atoms with Crippen molar-refractivity contribution in [2.75, 3.05) is 0 Å². The van der Waals surface area contributed by atoms with Crippen LogP contribution in [0.4, 0.5) is 13.2 Å². The van der Waals surface area contributed by atoms with E-state index in [1.54, 1.807) is 0 Å². The maximum absolute atomic E-state index is 13.1. The van der Waals surface area contributed by atoms with Crippen LogP contribution in [-0.2, 0) is 7.05 Å². The summed E-state index contributed by atoms with van der Waals surface area (Å²) >= 11 is 5.80. The summed E-state index contributed by atoms with van der Waals surface area (Å²) < 4.78 is 40.2. The monoisotopic (exact) mass is 276 g/mol. The van der Waals surface area contributed by atoms with Crippen molar-refractivity contribution in [3.8, 4) is 0 Å². The van der Waals surface area contributed by atoms with Crippen LogP contribution in [-0.4, -0.2) is 14.9 Å². The minimum absolute atomic E-state index is 0.142. The van der Waals surface area contributed by atoms with Crippen molar-refractivity contribution in [1.29, 1.82) is 0 Å². The highest BCUT2D eigenvalue weighted by atomic mass is 35.5. The van der Waals surface area contributed by atoms with Gasteiger partial charge in [0.2, 0.25) is 0 Å². The Morgan fingerprint density at radius 2 is 1.83 bits per heavy atom. The fourth-order valence-electron chi connectivity index (χ4n) is 1.62. The molecule has 0 saturated carbocycles. The van der Waals surface area contributed by atoms with Crippen molar-refractivity contribution in [2.45, 2.75) is 6.10 Å². The average molecular weight is 277 g/mol. The first-order valence-electron chi connectivity index (χ1n) is 4.91. The fourth-order valence-corrected chi connectivity index (χ4v) is 1.89. The molecule has 1 aromatic carbocycles. The summed E-state index contributed by atoms with van der Waals surface area (Å²) in [5.41, 5.74) is 0.0268. The average Bonchev–Trinajstić information content (AvgIpc) is 2.64. The molecule has 2 aromatic rings.